The number of amides is 1. The molecule has 0 saturated carbocycles. The zero-order valence-corrected chi connectivity index (χ0v) is 17.0. The lowest BCUT2D eigenvalue weighted by Gasteiger charge is -2.24. The molecule has 0 aliphatic rings. The van der Waals surface area contributed by atoms with Crippen LogP contribution >= 0.6 is 23.2 Å². The minimum absolute atomic E-state index is 0.153. The van der Waals surface area contributed by atoms with Gasteiger partial charge in [0.15, 0.2) is 0 Å². The number of rotatable bonds is 5. The van der Waals surface area contributed by atoms with Gasteiger partial charge in [-0.15, -0.1) is 0 Å². The Hall–Kier alpha value is -1.97. The molecule has 11 heteroatoms. The fraction of sp³-hybridized carbons (Fsp3) is 0.235. The Bertz CT molecular complexity index is 1010. The average Bonchev–Trinajstić information content (AvgIpc) is 2.53. The highest BCUT2D eigenvalue weighted by molar-refractivity contribution is 7.92. The SMILES string of the molecule is Cc1cc(Cl)ccc1N(CC(=O)Nc1ccc(Cl)cc1C(F)(F)F)S(C)(=O)=O. The fourth-order valence-electron chi connectivity index (χ4n) is 2.46. The highest BCUT2D eigenvalue weighted by Gasteiger charge is 2.34. The topological polar surface area (TPSA) is 66.5 Å². The zero-order valence-electron chi connectivity index (χ0n) is 14.6. The van der Waals surface area contributed by atoms with Gasteiger partial charge in [-0.2, -0.15) is 13.2 Å². The van der Waals surface area contributed by atoms with Gasteiger partial charge in [0.05, 0.1) is 23.2 Å². The molecule has 28 heavy (non-hydrogen) atoms. The smallest absolute Gasteiger partial charge is 0.324 e. The van der Waals surface area contributed by atoms with Gasteiger partial charge in [0.1, 0.15) is 6.54 Å². The van der Waals surface area contributed by atoms with E-state index >= 15 is 0 Å². The number of carbonyl (C=O) groups is 1. The van der Waals surface area contributed by atoms with Crippen LogP contribution in [0.3, 0.4) is 0 Å². The standard InChI is InChI=1S/C17H15Cl2F3N2O3S/c1-10-7-11(18)4-6-15(10)24(28(2,26)27)9-16(25)23-14-5-3-12(19)8-13(14)17(20,21)22/h3-8H,9H2,1-2H3,(H,23,25). The van der Waals surface area contributed by atoms with Crippen LogP contribution in [0, 0.1) is 6.92 Å². The maximum atomic E-state index is 13.2. The first-order valence-corrected chi connectivity index (χ1v) is 10.3. The van der Waals surface area contributed by atoms with Crippen molar-refractivity contribution in [3.63, 3.8) is 0 Å². The van der Waals surface area contributed by atoms with Crippen molar-refractivity contribution in [3.05, 3.63) is 57.6 Å². The Labute approximate surface area is 170 Å². The molecular weight excluding hydrogens is 440 g/mol. The highest BCUT2D eigenvalue weighted by Crippen LogP contribution is 2.36. The van der Waals surface area contributed by atoms with Gasteiger partial charge in [0, 0.05) is 10.0 Å². The highest BCUT2D eigenvalue weighted by atomic mass is 35.5. The molecule has 0 aliphatic carbocycles. The van der Waals surface area contributed by atoms with Crippen LogP contribution in [0.4, 0.5) is 24.5 Å². The fourth-order valence-corrected chi connectivity index (χ4v) is 3.77. The van der Waals surface area contributed by atoms with Crippen molar-refractivity contribution >= 4 is 50.5 Å². The molecule has 0 fully saturated rings. The molecule has 0 radical (unpaired) electrons. The van der Waals surface area contributed by atoms with E-state index in [0.717, 1.165) is 16.6 Å². The second-order valence-corrected chi connectivity index (χ2v) is 8.72. The van der Waals surface area contributed by atoms with Gasteiger partial charge in [-0.05, 0) is 48.9 Å². The predicted molar refractivity (Wildman–Crippen MR) is 103 cm³/mol. The van der Waals surface area contributed by atoms with Gasteiger partial charge >= 0.3 is 6.18 Å². The molecule has 2 aromatic rings. The summed E-state index contributed by atoms with van der Waals surface area (Å²) in [5.41, 5.74) is -0.993. The number of carbonyl (C=O) groups excluding carboxylic acids is 1. The lowest BCUT2D eigenvalue weighted by Crippen LogP contribution is -2.38. The van der Waals surface area contributed by atoms with Crippen LogP contribution in [0.25, 0.3) is 0 Å². The second-order valence-electron chi connectivity index (χ2n) is 5.94. The van der Waals surface area contributed by atoms with Gasteiger partial charge in [0.25, 0.3) is 0 Å². The number of benzene rings is 2. The van der Waals surface area contributed by atoms with E-state index in [-0.39, 0.29) is 10.7 Å². The Morgan fingerprint density at radius 2 is 1.68 bits per heavy atom. The summed E-state index contributed by atoms with van der Waals surface area (Å²) in [5, 5.41) is 2.32. The predicted octanol–water partition coefficient (Wildman–Crippen LogP) is 4.73. The van der Waals surface area contributed by atoms with Crippen LogP contribution in [-0.4, -0.2) is 27.1 Å². The lowest BCUT2D eigenvalue weighted by molar-refractivity contribution is -0.137. The van der Waals surface area contributed by atoms with Crippen molar-refractivity contribution in [2.45, 2.75) is 13.1 Å². The van der Waals surface area contributed by atoms with Crippen LogP contribution in [0.2, 0.25) is 10.0 Å². The summed E-state index contributed by atoms with van der Waals surface area (Å²) in [6.07, 6.45) is -3.87. The average molecular weight is 455 g/mol. The van der Waals surface area contributed by atoms with E-state index in [2.05, 4.69) is 5.32 Å². The molecule has 2 rings (SSSR count). The number of alkyl halides is 3. The minimum atomic E-state index is -4.75. The van der Waals surface area contributed by atoms with Crippen molar-refractivity contribution < 1.29 is 26.4 Å². The van der Waals surface area contributed by atoms with Crippen molar-refractivity contribution in [1.29, 1.82) is 0 Å². The molecule has 5 nitrogen and oxygen atoms in total. The second kappa shape index (κ2) is 8.18. The summed E-state index contributed by atoms with van der Waals surface area (Å²) in [5.74, 6) is -0.951. The van der Waals surface area contributed by atoms with E-state index in [1.54, 1.807) is 6.92 Å². The molecule has 152 valence electrons. The molecule has 0 aliphatic heterocycles. The molecule has 0 spiro atoms. The van der Waals surface area contributed by atoms with Gasteiger partial charge in [-0.3, -0.25) is 9.10 Å². The monoisotopic (exact) mass is 454 g/mol. The minimum Gasteiger partial charge on any atom is -0.324 e. The Kier molecular flexibility index (Phi) is 6.52. The maximum Gasteiger partial charge on any atom is 0.418 e. The summed E-state index contributed by atoms with van der Waals surface area (Å²) >= 11 is 11.5. The molecule has 0 saturated heterocycles. The Morgan fingerprint density at radius 1 is 1.11 bits per heavy atom. The zero-order chi connectivity index (χ0) is 21.3. The van der Waals surface area contributed by atoms with E-state index in [9.17, 15) is 26.4 Å². The number of nitrogens with one attached hydrogen (secondary N) is 1. The van der Waals surface area contributed by atoms with Gasteiger partial charge in [0.2, 0.25) is 15.9 Å². The maximum absolute atomic E-state index is 13.2. The number of sulfonamides is 1. The van der Waals surface area contributed by atoms with E-state index in [1.165, 1.54) is 24.3 Å². The largest absolute Gasteiger partial charge is 0.418 e. The number of anilines is 2. The Morgan fingerprint density at radius 3 is 2.21 bits per heavy atom. The third-order valence-corrected chi connectivity index (χ3v) is 5.27. The van der Waals surface area contributed by atoms with Crippen LogP contribution in [0.1, 0.15) is 11.1 Å². The van der Waals surface area contributed by atoms with Gasteiger partial charge < -0.3 is 5.32 Å². The summed E-state index contributed by atoms with van der Waals surface area (Å²) < 4.78 is 64.5. The molecule has 2 aromatic carbocycles. The third-order valence-electron chi connectivity index (χ3n) is 3.68. The summed E-state index contributed by atoms with van der Waals surface area (Å²) in [6, 6.07) is 7.23. The van der Waals surface area contributed by atoms with Crippen molar-refractivity contribution in [3.8, 4) is 0 Å². The number of nitrogens with zero attached hydrogens (tertiary/aromatic N) is 1. The van der Waals surface area contributed by atoms with Crippen molar-refractivity contribution in [2.75, 3.05) is 22.4 Å². The Balaban J connectivity index is 2.34. The van der Waals surface area contributed by atoms with Gasteiger partial charge in [-0.1, -0.05) is 23.2 Å². The first-order valence-electron chi connectivity index (χ1n) is 7.69. The normalized spacial score (nSPS) is 12.0. The van der Waals surface area contributed by atoms with E-state index in [1.807, 2.05) is 0 Å². The number of halogens is 5. The molecular formula is C17H15Cl2F3N2O3S. The molecule has 0 bridgehead atoms. The van der Waals surface area contributed by atoms with Crippen LogP contribution in [-0.2, 0) is 21.0 Å². The van der Waals surface area contributed by atoms with Crippen LogP contribution in [0.15, 0.2) is 36.4 Å². The van der Waals surface area contributed by atoms with Crippen LogP contribution < -0.4 is 9.62 Å². The number of hydrogen-bond acceptors (Lipinski definition) is 3. The summed E-state index contributed by atoms with van der Waals surface area (Å²) in [7, 11) is -3.90. The first kappa shape index (κ1) is 22.3. The van der Waals surface area contributed by atoms with Crippen LogP contribution in [0.5, 0.6) is 0 Å². The molecule has 1 amide bonds. The van der Waals surface area contributed by atoms with E-state index in [0.29, 0.717) is 16.7 Å². The lowest BCUT2D eigenvalue weighted by atomic mass is 10.1. The van der Waals surface area contributed by atoms with Crippen molar-refractivity contribution in [1.82, 2.24) is 0 Å². The number of aryl methyl sites for hydroxylation is 1. The van der Waals surface area contributed by atoms with Gasteiger partial charge in [-0.25, -0.2) is 8.42 Å². The first-order chi connectivity index (χ1) is 12.8. The number of hydrogen-bond donors (Lipinski definition) is 1. The molecule has 1 N–H and O–H groups in total. The summed E-state index contributed by atoms with van der Waals surface area (Å²) in [6.45, 7) is 0.874. The van der Waals surface area contributed by atoms with E-state index in [4.69, 9.17) is 23.2 Å². The van der Waals surface area contributed by atoms with Crippen molar-refractivity contribution in [2.24, 2.45) is 0 Å². The molecule has 0 atom stereocenters. The molecule has 0 unspecified atom stereocenters. The third kappa shape index (κ3) is 5.52. The molecule has 0 aromatic heterocycles. The summed E-state index contributed by atoms with van der Waals surface area (Å²) in [4.78, 5) is 12.3. The van der Waals surface area contributed by atoms with E-state index < -0.39 is 39.9 Å². The quantitative estimate of drug-likeness (QED) is 0.710. The molecule has 0 heterocycles.